The minimum atomic E-state index is 0.802. The molecule has 2 rings (SSSR count). The predicted molar refractivity (Wildman–Crippen MR) is 66.7 cm³/mol. The maximum Gasteiger partial charge on any atom is 0.0766 e. The second-order valence-electron chi connectivity index (χ2n) is 3.86. The molecule has 0 aromatic carbocycles. The Morgan fingerprint density at radius 2 is 2.25 bits per heavy atom. The van der Waals surface area contributed by atoms with Gasteiger partial charge in [0.05, 0.1) is 17.6 Å². The number of hydrogen-bond donors (Lipinski definition) is 2. The molecule has 0 atom stereocenters. The first kappa shape index (κ1) is 10.5. The maximum absolute atomic E-state index is 4.13. The summed E-state index contributed by atoms with van der Waals surface area (Å²) in [5, 5.41) is 3.37. The van der Waals surface area contributed by atoms with Gasteiger partial charge in [0, 0.05) is 39.2 Å². The van der Waals surface area contributed by atoms with Crippen molar-refractivity contribution >= 4 is 11.4 Å². The van der Waals surface area contributed by atoms with E-state index in [0.717, 1.165) is 17.9 Å². The van der Waals surface area contributed by atoms with Crippen LogP contribution in [0.5, 0.6) is 0 Å². The monoisotopic (exact) mass is 216 g/mol. The van der Waals surface area contributed by atoms with E-state index in [1.165, 1.54) is 5.56 Å². The van der Waals surface area contributed by atoms with Gasteiger partial charge in [-0.1, -0.05) is 0 Å². The third kappa shape index (κ3) is 2.34. The lowest BCUT2D eigenvalue weighted by molar-refractivity contribution is 1.09. The quantitative estimate of drug-likeness (QED) is 0.822. The Kier molecular flexibility index (Phi) is 3.10. The van der Waals surface area contributed by atoms with E-state index in [0.29, 0.717) is 0 Å². The van der Waals surface area contributed by atoms with Gasteiger partial charge < -0.3 is 15.2 Å². The molecule has 0 unspecified atom stereocenters. The minimum Gasteiger partial charge on any atom is -0.378 e. The fourth-order valence-electron chi connectivity index (χ4n) is 1.58. The molecule has 0 aliphatic carbocycles. The van der Waals surface area contributed by atoms with Crippen molar-refractivity contribution in [1.82, 2.24) is 9.97 Å². The van der Waals surface area contributed by atoms with E-state index in [2.05, 4.69) is 26.3 Å². The van der Waals surface area contributed by atoms with Gasteiger partial charge in [-0.2, -0.15) is 0 Å². The fraction of sp³-hybridized carbons (Fsp3) is 0.250. The molecule has 0 saturated heterocycles. The number of hydrogen-bond acceptors (Lipinski definition) is 3. The molecule has 0 aliphatic heterocycles. The molecule has 0 saturated carbocycles. The van der Waals surface area contributed by atoms with Gasteiger partial charge in [-0.3, -0.25) is 4.98 Å². The van der Waals surface area contributed by atoms with Crippen LogP contribution < -0.4 is 10.2 Å². The summed E-state index contributed by atoms with van der Waals surface area (Å²) in [6, 6.07) is 4.05. The van der Waals surface area contributed by atoms with Gasteiger partial charge in [-0.25, -0.2) is 0 Å². The molecule has 0 bridgehead atoms. The first-order valence-electron chi connectivity index (χ1n) is 5.24. The Morgan fingerprint density at radius 1 is 1.38 bits per heavy atom. The predicted octanol–water partition coefficient (Wildman–Crippen LogP) is 2.09. The second-order valence-corrected chi connectivity index (χ2v) is 3.86. The minimum absolute atomic E-state index is 0.802. The Hall–Kier alpha value is -1.97. The zero-order chi connectivity index (χ0) is 11.4. The summed E-state index contributed by atoms with van der Waals surface area (Å²) in [6.07, 6.45) is 7.56. The van der Waals surface area contributed by atoms with E-state index in [-0.39, 0.29) is 0 Å². The normalized spacial score (nSPS) is 10.1. The first-order chi connectivity index (χ1) is 7.77. The van der Waals surface area contributed by atoms with E-state index in [4.69, 9.17) is 0 Å². The topological polar surface area (TPSA) is 44.0 Å². The Labute approximate surface area is 95.3 Å². The van der Waals surface area contributed by atoms with Crippen molar-refractivity contribution in [3.05, 3.63) is 42.5 Å². The second kappa shape index (κ2) is 4.70. The zero-order valence-corrected chi connectivity index (χ0v) is 9.57. The van der Waals surface area contributed by atoms with Crippen LogP contribution in [0.15, 0.2) is 36.9 Å². The van der Waals surface area contributed by atoms with E-state index in [9.17, 15) is 0 Å². The highest BCUT2D eigenvalue weighted by Gasteiger charge is 2.03. The number of nitrogens with zero attached hydrogens (tertiary/aromatic N) is 2. The molecule has 2 aromatic rings. The van der Waals surface area contributed by atoms with Crippen LogP contribution >= 0.6 is 0 Å². The van der Waals surface area contributed by atoms with Crippen LogP contribution in [0.1, 0.15) is 5.56 Å². The standard InChI is InChI=1S/C12H16N4/c1-16(2)12-4-6-14-9-11(12)15-8-10-3-5-13-7-10/h3-7,9,13,15H,8H2,1-2H3. The van der Waals surface area contributed by atoms with Crippen LogP contribution in [0.3, 0.4) is 0 Å². The maximum atomic E-state index is 4.13. The molecule has 84 valence electrons. The summed E-state index contributed by atoms with van der Waals surface area (Å²) in [6.45, 7) is 0.802. The van der Waals surface area contributed by atoms with Crippen LogP contribution in [0.2, 0.25) is 0 Å². The molecule has 16 heavy (non-hydrogen) atoms. The number of aromatic amines is 1. The molecule has 0 radical (unpaired) electrons. The molecule has 2 heterocycles. The van der Waals surface area contributed by atoms with Crippen LogP contribution in [0, 0.1) is 0 Å². The first-order valence-corrected chi connectivity index (χ1v) is 5.24. The van der Waals surface area contributed by atoms with Crippen LogP contribution in [-0.4, -0.2) is 24.1 Å². The Morgan fingerprint density at radius 3 is 2.94 bits per heavy atom. The number of pyridine rings is 1. The van der Waals surface area contributed by atoms with Crippen molar-refractivity contribution in [2.75, 3.05) is 24.3 Å². The van der Waals surface area contributed by atoms with Crippen molar-refractivity contribution < 1.29 is 0 Å². The molecule has 0 aliphatic rings. The molecule has 2 aromatic heterocycles. The van der Waals surface area contributed by atoms with Gasteiger partial charge in [-0.05, 0) is 17.7 Å². The van der Waals surface area contributed by atoms with Gasteiger partial charge >= 0.3 is 0 Å². The summed E-state index contributed by atoms with van der Waals surface area (Å²) in [7, 11) is 4.05. The van der Waals surface area contributed by atoms with E-state index < -0.39 is 0 Å². The van der Waals surface area contributed by atoms with Crippen molar-refractivity contribution in [2.45, 2.75) is 6.54 Å². The number of anilines is 2. The molecule has 0 amide bonds. The van der Waals surface area contributed by atoms with Crippen molar-refractivity contribution in [2.24, 2.45) is 0 Å². The summed E-state index contributed by atoms with van der Waals surface area (Å²) in [4.78, 5) is 9.24. The smallest absolute Gasteiger partial charge is 0.0766 e. The summed E-state index contributed by atoms with van der Waals surface area (Å²) < 4.78 is 0. The van der Waals surface area contributed by atoms with Gasteiger partial charge in [-0.15, -0.1) is 0 Å². The van der Waals surface area contributed by atoms with Gasteiger partial charge in [0.15, 0.2) is 0 Å². The Bertz CT molecular complexity index is 434. The van der Waals surface area contributed by atoms with E-state index >= 15 is 0 Å². The molecular weight excluding hydrogens is 200 g/mol. The fourth-order valence-corrected chi connectivity index (χ4v) is 1.58. The highest BCUT2D eigenvalue weighted by atomic mass is 15.1. The molecule has 2 N–H and O–H groups in total. The highest BCUT2D eigenvalue weighted by Crippen LogP contribution is 2.22. The average molecular weight is 216 g/mol. The third-order valence-electron chi connectivity index (χ3n) is 2.43. The lowest BCUT2D eigenvalue weighted by Gasteiger charge is -2.17. The van der Waals surface area contributed by atoms with E-state index in [1.54, 1.807) is 6.20 Å². The largest absolute Gasteiger partial charge is 0.378 e. The number of H-pyrrole nitrogens is 1. The molecule has 4 nitrogen and oxygen atoms in total. The average Bonchev–Trinajstić information content (AvgIpc) is 2.79. The van der Waals surface area contributed by atoms with Gasteiger partial charge in [0.2, 0.25) is 0 Å². The van der Waals surface area contributed by atoms with Crippen molar-refractivity contribution in [3.8, 4) is 0 Å². The van der Waals surface area contributed by atoms with Gasteiger partial charge in [0.1, 0.15) is 0 Å². The molecule has 0 spiro atoms. The summed E-state index contributed by atoms with van der Waals surface area (Å²) in [5.74, 6) is 0. The summed E-state index contributed by atoms with van der Waals surface area (Å²) in [5.41, 5.74) is 3.42. The molecule has 0 fully saturated rings. The molecular formula is C12H16N4. The van der Waals surface area contributed by atoms with Gasteiger partial charge in [0.25, 0.3) is 0 Å². The van der Waals surface area contributed by atoms with Crippen LogP contribution in [-0.2, 0) is 6.54 Å². The third-order valence-corrected chi connectivity index (χ3v) is 2.43. The van der Waals surface area contributed by atoms with Crippen LogP contribution in [0.4, 0.5) is 11.4 Å². The molecule has 4 heteroatoms. The zero-order valence-electron chi connectivity index (χ0n) is 9.57. The number of aromatic nitrogens is 2. The number of nitrogens with one attached hydrogen (secondary N) is 2. The van der Waals surface area contributed by atoms with E-state index in [1.807, 2.05) is 38.8 Å². The van der Waals surface area contributed by atoms with Crippen molar-refractivity contribution in [1.29, 1.82) is 0 Å². The number of rotatable bonds is 4. The lowest BCUT2D eigenvalue weighted by atomic mass is 10.3. The highest BCUT2D eigenvalue weighted by molar-refractivity contribution is 5.68. The Balaban J connectivity index is 2.09. The summed E-state index contributed by atoms with van der Waals surface area (Å²) >= 11 is 0. The van der Waals surface area contributed by atoms with Crippen molar-refractivity contribution in [3.63, 3.8) is 0 Å². The van der Waals surface area contributed by atoms with Crippen LogP contribution in [0.25, 0.3) is 0 Å². The SMILES string of the molecule is CN(C)c1ccncc1NCc1cc[nH]c1. The lowest BCUT2D eigenvalue weighted by Crippen LogP contribution is -2.12.